The minimum Gasteiger partial charge on any atom is -0.310 e. The maximum absolute atomic E-state index is 2.48. The lowest BCUT2D eigenvalue weighted by molar-refractivity contribution is 0.632. The summed E-state index contributed by atoms with van der Waals surface area (Å²) in [6, 6.07) is 67.5. The van der Waals surface area contributed by atoms with Crippen molar-refractivity contribution < 1.29 is 0 Å². The molecule has 0 radical (unpaired) electrons. The SMILES string of the molecule is CC1(C)c2ccccc2-c2cc3c4cc(-c5ccccc5)ccc4n(-c4ccc(-c5ccc6c(c5)C(C)(C)c5ccccc5N6c5ccccc5)cc4)c3cc21. The molecule has 0 amide bonds. The molecule has 0 unspecified atom stereocenters. The average molecular weight is 719 g/mol. The van der Waals surface area contributed by atoms with Gasteiger partial charge in [-0.2, -0.15) is 0 Å². The summed E-state index contributed by atoms with van der Waals surface area (Å²) in [5.74, 6) is 0. The summed E-state index contributed by atoms with van der Waals surface area (Å²) in [5, 5.41) is 2.56. The van der Waals surface area contributed by atoms with Crippen LogP contribution in [0.2, 0.25) is 0 Å². The van der Waals surface area contributed by atoms with E-state index in [1.807, 2.05) is 0 Å². The van der Waals surface area contributed by atoms with Crippen molar-refractivity contribution in [3.05, 3.63) is 204 Å². The first-order valence-corrected chi connectivity index (χ1v) is 19.8. The highest BCUT2D eigenvalue weighted by atomic mass is 15.2. The molecule has 2 aliphatic rings. The first kappa shape index (κ1) is 32.8. The molecule has 1 aliphatic heterocycles. The topological polar surface area (TPSA) is 8.17 Å². The third kappa shape index (κ3) is 4.69. The molecule has 11 rings (SSSR count). The number of benzene rings is 8. The number of hydrogen-bond donors (Lipinski definition) is 0. The summed E-state index contributed by atoms with van der Waals surface area (Å²) in [5.41, 5.74) is 20.1. The normalized spacial score (nSPS) is 14.7. The molecule has 8 aromatic carbocycles. The minimum atomic E-state index is -0.164. The molecule has 1 aliphatic carbocycles. The monoisotopic (exact) mass is 718 g/mol. The van der Waals surface area contributed by atoms with Crippen molar-refractivity contribution >= 4 is 38.9 Å². The van der Waals surface area contributed by atoms with Crippen LogP contribution in [0.1, 0.15) is 49.9 Å². The van der Waals surface area contributed by atoms with Gasteiger partial charge in [-0.05, 0) is 122 Å². The Morgan fingerprint density at radius 3 is 1.70 bits per heavy atom. The van der Waals surface area contributed by atoms with E-state index in [1.165, 1.54) is 94.5 Å². The van der Waals surface area contributed by atoms with Gasteiger partial charge in [0.2, 0.25) is 0 Å². The van der Waals surface area contributed by atoms with Crippen molar-refractivity contribution in [3.8, 4) is 39.1 Å². The maximum Gasteiger partial charge on any atom is 0.0544 e. The van der Waals surface area contributed by atoms with E-state index in [-0.39, 0.29) is 10.8 Å². The third-order valence-electron chi connectivity index (χ3n) is 12.8. The van der Waals surface area contributed by atoms with Crippen LogP contribution < -0.4 is 4.90 Å². The van der Waals surface area contributed by atoms with Crippen LogP contribution in [0, 0.1) is 0 Å². The van der Waals surface area contributed by atoms with Crippen LogP contribution in [-0.2, 0) is 10.8 Å². The van der Waals surface area contributed by atoms with Crippen molar-refractivity contribution in [2.45, 2.75) is 38.5 Å². The Hall–Kier alpha value is -6.64. The van der Waals surface area contributed by atoms with Crippen molar-refractivity contribution in [1.82, 2.24) is 4.57 Å². The fourth-order valence-corrected chi connectivity index (χ4v) is 9.84. The Labute approximate surface area is 328 Å². The summed E-state index contributed by atoms with van der Waals surface area (Å²) in [4.78, 5) is 2.42. The summed E-state index contributed by atoms with van der Waals surface area (Å²) in [6.45, 7) is 9.47. The van der Waals surface area contributed by atoms with E-state index in [9.17, 15) is 0 Å². The van der Waals surface area contributed by atoms with Crippen LogP contribution in [0.5, 0.6) is 0 Å². The molecule has 56 heavy (non-hydrogen) atoms. The summed E-state index contributed by atoms with van der Waals surface area (Å²) in [7, 11) is 0. The highest BCUT2D eigenvalue weighted by Gasteiger charge is 2.38. The zero-order chi connectivity index (χ0) is 37.8. The molecule has 0 fully saturated rings. The zero-order valence-corrected chi connectivity index (χ0v) is 32.2. The number of fused-ring (bicyclic) bond motifs is 8. The number of rotatable bonds is 4. The summed E-state index contributed by atoms with van der Waals surface area (Å²) in [6.07, 6.45) is 0. The highest BCUT2D eigenvalue weighted by molar-refractivity contribution is 6.12. The van der Waals surface area contributed by atoms with E-state index in [1.54, 1.807) is 0 Å². The van der Waals surface area contributed by atoms with Crippen molar-refractivity contribution in [2.75, 3.05) is 4.90 Å². The molecular formula is C54H42N2. The number of anilines is 3. The van der Waals surface area contributed by atoms with Gasteiger partial charge in [-0.1, -0.05) is 143 Å². The van der Waals surface area contributed by atoms with Gasteiger partial charge in [-0.25, -0.2) is 0 Å². The predicted molar refractivity (Wildman–Crippen MR) is 236 cm³/mol. The van der Waals surface area contributed by atoms with Gasteiger partial charge in [0, 0.05) is 33.0 Å². The molecule has 268 valence electrons. The second kappa shape index (κ2) is 11.9. The predicted octanol–water partition coefficient (Wildman–Crippen LogP) is 14.5. The van der Waals surface area contributed by atoms with Gasteiger partial charge in [0.25, 0.3) is 0 Å². The molecular weight excluding hydrogens is 677 g/mol. The lowest BCUT2D eigenvalue weighted by Gasteiger charge is -2.42. The molecule has 0 saturated carbocycles. The quantitative estimate of drug-likeness (QED) is 0.176. The first-order valence-electron chi connectivity index (χ1n) is 19.8. The molecule has 2 heteroatoms. The van der Waals surface area contributed by atoms with Crippen LogP contribution in [0.25, 0.3) is 60.9 Å². The number of hydrogen-bond acceptors (Lipinski definition) is 1. The Morgan fingerprint density at radius 1 is 0.339 bits per heavy atom. The fraction of sp³-hybridized carbons (Fsp3) is 0.111. The highest BCUT2D eigenvalue weighted by Crippen LogP contribution is 2.53. The maximum atomic E-state index is 2.48. The largest absolute Gasteiger partial charge is 0.310 e. The minimum absolute atomic E-state index is 0.0860. The standard InChI is InChI=1S/C54H42N2/c1-53(2)45-20-12-11-19-41(45)42-33-44-43-31-37(35-15-7-5-8-16-35)25-29-49(43)55(52(44)34-47(42)53)40-27-23-36(24-28-40)38-26-30-51-48(32-38)54(3,4)46-21-13-14-22-50(46)56(51)39-17-9-6-10-18-39/h5-34H,1-4H3. The van der Waals surface area contributed by atoms with Crippen LogP contribution in [-0.4, -0.2) is 4.57 Å². The Bertz CT molecular complexity index is 3000. The molecule has 0 spiro atoms. The van der Waals surface area contributed by atoms with Crippen LogP contribution >= 0.6 is 0 Å². The van der Waals surface area contributed by atoms with Crippen molar-refractivity contribution in [2.24, 2.45) is 0 Å². The van der Waals surface area contributed by atoms with E-state index >= 15 is 0 Å². The molecule has 9 aromatic rings. The molecule has 2 heterocycles. The molecule has 2 nitrogen and oxygen atoms in total. The number of aromatic nitrogens is 1. The third-order valence-corrected chi connectivity index (χ3v) is 12.8. The second-order valence-corrected chi connectivity index (χ2v) is 16.6. The fourth-order valence-electron chi connectivity index (χ4n) is 9.84. The number of nitrogens with zero attached hydrogens (tertiary/aromatic N) is 2. The van der Waals surface area contributed by atoms with Gasteiger partial charge in [-0.15, -0.1) is 0 Å². The zero-order valence-electron chi connectivity index (χ0n) is 32.2. The molecule has 0 N–H and O–H groups in total. The van der Waals surface area contributed by atoms with E-state index in [0.29, 0.717) is 0 Å². The van der Waals surface area contributed by atoms with E-state index in [4.69, 9.17) is 0 Å². The Morgan fingerprint density at radius 2 is 0.911 bits per heavy atom. The molecule has 0 saturated heterocycles. The summed E-state index contributed by atoms with van der Waals surface area (Å²) < 4.78 is 2.48. The van der Waals surface area contributed by atoms with Crippen LogP contribution in [0.15, 0.2) is 182 Å². The smallest absolute Gasteiger partial charge is 0.0544 e. The van der Waals surface area contributed by atoms with Crippen molar-refractivity contribution in [3.63, 3.8) is 0 Å². The van der Waals surface area contributed by atoms with E-state index < -0.39 is 0 Å². The number of para-hydroxylation sites is 2. The first-order chi connectivity index (χ1) is 27.3. The molecule has 0 atom stereocenters. The van der Waals surface area contributed by atoms with Gasteiger partial charge >= 0.3 is 0 Å². The summed E-state index contributed by atoms with van der Waals surface area (Å²) >= 11 is 0. The van der Waals surface area contributed by atoms with Gasteiger partial charge in [0.15, 0.2) is 0 Å². The lowest BCUT2D eigenvalue weighted by atomic mass is 9.73. The molecule has 1 aromatic heterocycles. The van der Waals surface area contributed by atoms with Crippen LogP contribution in [0.3, 0.4) is 0 Å². The second-order valence-electron chi connectivity index (χ2n) is 16.6. The van der Waals surface area contributed by atoms with Gasteiger partial charge in [0.05, 0.1) is 22.4 Å². The Kier molecular flexibility index (Phi) is 6.98. The van der Waals surface area contributed by atoms with Crippen molar-refractivity contribution in [1.29, 1.82) is 0 Å². The van der Waals surface area contributed by atoms with Gasteiger partial charge in [-0.3, -0.25) is 0 Å². The average Bonchev–Trinajstić information content (AvgIpc) is 3.68. The lowest BCUT2D eigenvalue weighted by Crippen LogP contribution is -2.30. The molecule has 0 bridgehead atoms. The van der Waals surface area contributed by atoms with Crippen LogP contribution in [0.4, 0.5) is 17.1 Å². The Balaban J connectivity index is 1.06. The van der Waals surface area contributed by atoms with Gasteiger partial charge < -0.3 is 9.47 Å². The van der Waals surface area contributed by atoms with Gasteiger partial charge in [0.1, 0.15) is 0 Å². The van der Waals surface area contributed by atoms with E-state index in [0.717, 1.165) is 5.69 Å². The van der Waals surface area contributed by atoms with E-state index in [2.05, 4.69) is 219 Å².